The Kier molecular flexibility index (Phi) is 4.53. The SMILES string of the molecule is CCNCc1ccc(C)c(-c2cncc(OC)c2)c1. The van der Waals surface area contributed by atoms with Gasteiger partial charge in [0.15, 0.2) is 0 Å². The molecule has 0 unspecified atom stereocenters. The molecule has 2 aromatic rings. The monoisotopic (exact) mass is 256 g/mol. The maximum absolute atomic E-state index is 5.24. The van der Waals surface area contributed by atoms with Gasteiger partial charge >= 0.3 is 0 Å². The average molecular weight is 256 g/mol. The van der Waals surface area contributed by atoms with E-state index in [0.29, 0.717) is 0 Å². The van der Waals surface area contributed by atoms with E-state index < -0.39 is 0 Å². The van der Waals surface area contributed by atoms with Gasteiger partial charge in [0.2, 0.25) is 0 Å². The number of nitrogens with zero attached hydrogens (tertiary/aromatic N) is 1. The molecule has 0 atom stereocenters. The van der Waals surface area contributed by atoms with E-state index in [4.69, 9.17) is 4.74 Å². The fraction of sp³-hybridized carbons (Fsp3) is 0.312. The normalized spacial score (nSPS) is 10.5. The molecular weight excluding hydrogens is 236 g/mol. The Balaban J connectivity index is 2.36. The van der Waals surface area contributed by atoms with Crippen molar-refractivity contribution in [3.05, 3.63) is 47.8 Å². The molecule has 0 spiro atoms. The number of pyridine rings is 1. The highest BCUT2D eigenvalue weighted by Crippen LogP contribution is 2.26. The number of aromatic nitrogens is 1. The first-order valence-corrected chi connectivity index (χ1v) is 6.54. The van der Waals surface area contributed by atoms with Crippen molar-refractivity contribution in [2.45, 2.75) is 20.4 Å². The van der Waals surface area contributed by atoms with E-state index in [9.17, 15) is 0 Å². The third-order valence-corrected chi connectivity index (χ3v) is 3.14. The Morgan fingerprint density at radius 2 is 2.05 bits per heavy atom. The molecule has 0 saturated carbocycles. The lowest BCUT2D eigenvalue weighted by Gasteiger charge is -2.10. The van der Waals surface area contributed by atoms with Crippen molar-refractivity contribution in [2.24, 2.45) is 0 Å². The van der Waals surface area contributed by atoms with Crippen molar-refractivity contribution in [2.75, 3.05) is 13.7 Å². The molecular formula is C16H20N2O. The van der Waals surface area contributed by atoms with Crippen LogP contribution in [0.5, 0.6) is 5.75 Å². The van der Waals surface area contributed by atoms with E-state index >= 15 is 0 Å². The van der Waals surface area contributed by atoms with Gasteiger partial charge in [-0.1, -0.05) is 19.1 Å². The average Bonchev–Trinajstić information content (AvgIpc) is 2.46. The van der Waals surface area contributed by atoms with Crippen LogP contribution in [-0.4, -0.2) is 18.6 Å². The number of benzene rings is 1. The summed E-state index contributed by atoms with van der Waals surface area (Å²) in [6.45, 7) is 6.10. The van der Waals surface area contributed by atoms with Crippen molar-refractivity contribution < 1.29 is 4.74 Å². The number of ether oxygens (including phenoxy) is 1. The second kappa shape index (κ2) is 6.34. The third kappa shape index (κ3) is 3.32. The Morgan fingerprint density at radius 3 is 2.79 bits per heavy atom. The molecule has 0 bridgehead atoms. The summed E-state index contributed by atoms with van der Waals surface area (Å²) in [6.07, 6.45) is 3.60. The van der Waals surface area contributed by atoms with Crippen molar-refractivity contribution in [3.63, 3.8) is 0 Å². The Morgan fingerprint density at radius 1 is 1.21 bits per heavy atom. The van der Waals surface area contributed by atoms with E-state index in [-0.39, 0.29) is 0 Å². The van der Waals surface area contributed by atoms with Crippen LogP contribution in [0.4, 0.5) is 0 Å². The van der Waals surface area contributed by atoms with Crippen molar-refractivity contribution >= 4 is 0 Å². The van der Waals surface area contributed by atoms with Crippen LogP contribution in [0.3, 0.4) is 0 Å². The van der Waals surface area contributed by atoms with Gasteiger partial charge in [-0.25, -0.2) is 0 Å². The number of aryl methyl sites for hydroxylation is 1. The van der Waals surface area contributed by atoms with E-state index in [1.807, 2.05) is 12.3 Å². The van der Waals surface area contributed by atoms with Gasteiger partial charge in [0.1, 0.15) is 5.75 Å². The van der Waals surface area contributed by atoms with Gasteiger partial charge in [-0.05, 0) is 42.3 Å². The van der Waals surface area contributed by atoms with E-state index in [2.05, 4.69) is 42.3 Å². The number of hydrogen-bond acceptors (Lipinski definition) is 3. The van der Waals surface area contributed by atoms with Crippen LogP contribution in [0.25, 0.3) is 11.1 Å². The zero-order chi connectivity index (χ0) is 13.7. The Bertz CT molecular complexity index is 552. The number of nitrogens with one attached hydrogen (secondary N) is 1. The Labute approximate surface area is 114 Å². The minimum atomic E-state index is 0.786. The first-order chi connectivity index (χ1) is 9.24. The highest BCUT2D eigenvalue weighted by atomic mass is 16.5. The molecule has 3 nitrogen and oxygen atoms in total. The largest absolute Gasteiger partial charge is 0.495 e. The summed E-state index contributed by atoms with van der Waals surface area (Å²) in [5.74, 6) is 0.786. The molecule has 100 valence electrons. The van der Waals surface area contributed by atoms with Crippen LogP contribution in [0.2, 0.25) is 0 Å². The standard InChI is InChI=1S/C16H20N2O/c1-4-17-9-13-6-5-12(2)16(7-13)14-8-15(19-3)11-18-10-14/h5-8,10-11,17H,4,9H2,1-3H3. The first-order valence-electron chi connectivity index (χ1n) is 6.54. The predicted octanol–water partition coefficient (Wildman–Crippen LogP) is 3.18. The molecule has 0 radical (unpaired) electrons. The predicted molar refractivity (Wildman–Crippen MR) is 78.3 cm³/mol. The number of hydrogen-bond donors (Lipinski definition) is 1. The second-order valence-corrected chi connectivity index (χ2v) is 4.54. The van der Waals surface area contributed by atoms with E-state index in [0.717, 1.165) is 24.4 Å². The zero-order valence-corrected chi connectivity index (χ0v) is 11.7. The van der Waals surface area contributed by atoms with Crippen molar-refractivity contribution in [1.29, 1.82) is 0 Å². The molecule has 0 aliphatic carbocycles. The summed E-state index contributed by atoms with van der Waals surface area (Å²) < 4.78 is 5.24. The smallest absolute Gasteiger partial charge is 0.137 e. The maximum Gasteiger partial charge on any atom is 0.137 e. The lowest BCUT2D eigenvalue weighted by molar-refractivity contribution is 0.413. The quantitative estimate of drug-likeness (QED) is 0.892. The lowest BCUT2D eigenvalue weighted by Crippen LogP contribution is -2.11. The van der Waals surface area contributed by atoms with Crippen LogP contribution in [0, 0.1) is 6.92 Å². The van der Waals surface area contributed by atoms with Gasteiger partial charge in [-0.15, -0.1) is 0 Å². The molecule has 3 heteroatoms. The van der Waals surface area contributed by atoms with Crippen molar-refractivity contribution in [1.82, 2.24) is 10.3 Å². The summed E-state index contributed by atoms with van der Waals surface area (Å²) >= 11 is 0. The number of rotatable bonds is 5. The van der Waals surface area contributed by atoms with Crippen LogP contribution in [0.15, 0.2) is 36.7 Å². The summed E-state index contributed by atoms with van der Waals surface area (Å²) in [6, 6.07) is 8.55. The fourth-order valence-corrected chi connectivity index (χ4v) is 2.04. The van der Waals surface area contributed by atoms with Crippen molar-refractivity contribution in [3.8, 4) is 16.9 Å². The zero-order valence-electron chi connectivity index (χ0n) is 11.7. The molecule has 0 aliphatic rings. The van der Waals surface area contributed by atoms with Gasteiger partial charge in [0.05, 0.1) is 13.3 Å². The third-order valence-electron chi connectivity index (χ3n) is 3.14. The summed E-state index contributed by atoms with van der Waals surface area (Å²) in [7, 11) is 1.66. The molecule has 0 fully saturated rings. The fourth-order valence-electron chi connectivity index (χ4n) is 2.04. The van der Waals surface area contributed by atoms with Gasteiger partial charge in [-0.2, -0.15) is 0 Å². The van der Waals surface area contributed by atoms with Gasteiger partial charge in [0.25, 0.3) is 0 Å². The summed E-state index contributed by atoms with van der Waals surface area (Å²) in [5, 5.41) is 3.34. The van der Waals surface area contributed by atoms with Gasteiger partial charge in [0, 0.05) is 18.3 Å². The molecule has 19 heavy (non-hydrogen) atoms. The molecule has 0 amide bonds. The van der Waals surface area contributed by atoms with Crippen LogP contribution in [-0.2, 0) is 6.54 Å². The minimum Gasteiger partial charge on any atom is -0.495 e. The summed E-state index contributed by atoms with van der Waals surface area (Å²) in [4.78, 5) is 4.22. The second-order valence-electron chi connectivity index (χ2n) is 4.54. The number of methoxy groups -OCH3 is 1. The molecule has 0 saturated heterocycles. The van der Waals surface area contributed by atoms with Crippen LogP contribution in [0.1, 0.15) is 18.1 Å². The molecule has 1 N–H and O–H groups in total. The molecule has 1 aromatic heterocycles. The summed E-state index contributed by atoms with van der Waals surface area (Å²) in [5.41, 5.74) is 4.83. The van der Waals surface area contributed by atoms with Gasteiger partial charge < -0.3 is 10.1 Å². The highest BCUT2D eigenvalue weighted by molar-refractivity contribution is 5.68. The Hall–Kier alpha value is -1.87. The highest BCUT2D eigenvalue weighted by Gasteiger charge is 2.05. The van der Waals surface area contributed by atoms with E-state index in [1.54, 1.807) is 13.3 Å². The van der Waals surface area contributed by atoms with Crippen LogP contribution >= 0.6 is 0 Å². The maximum atomic E-state index is 5.24. The topological polar surface area (TPSA) is 34.2 Å². The van der Waals surface area contributed by atoms with Gasteiger partial charge in [-0.3, -0.25) is 4.98 Å². The lowest BCUT2D eigenvalue weighted by atomic mass is 9.99. The molecule has 0 aliphatic heterocycles. The molecule has 2 rings (SSSR count). The minimum absolute atomic E-state index is 0.786. The molecule has 1 heterocycles. The first kappa shape index (κ1) is 13.6. The van der Waals surface area contributed by atoms with Crippen LogP contribution < -0.4 is 10.1 Å². The molecule has 1 aromatic carbocycles. The van der Waals surface area contributed by atoms with E-state index in [1.165, 1.54) is 16.7 Å².